The second kappa shape index (κ2) is 7.61. The summed E-state index contributed by atoms with van der Waals surface area (Å²) < 4.78 is 40.2. The van der Waals surface area contributed by atoms with E-state index in [0.717, 1.165) is 17.7 Å². The first-order chi connectivity index (χ1) is 12.4. The molecule has 0 saturated carbocycles. The zero-order valence-corrected chi connectivity index (χ0v) is 14.4. The Morgan fingerprint density at radius 3 is 2.54 bits per heavy atom. The Balaban J connectivity index is 1.80. The summed E-state index contributed by atoms with van der Waals surface area (Å²) in [5.74, 6) is -3.62. The van der Waals surface area contributed by atoms with E-state index in [4.69, 9.17) is 11.6 Å². The smallest absolute Gasteiger partial charge is 0.229 e. The molecule has 0 saturated heterocycles. The van der Waals surface area contributed by atoms with Gasteiger partial charge in [0.2, 0.25) is 5.95 Å². The average molecular weight is 379 g/mol. The third-order valence-corrected chi connectivity index (χ3v) is 3.92. The first-order valence-corrected chi connectivity index (χ1v) is 8.05. The molecule has 0 radical (unpaired) electrons. The van der Waals surface area contributed by atoms with Crippen LogP contribution in [0.15, 0.2) is 42.5 Å². The number of hydrogen-bond donors (Lipinski definition) is 2. The average Bonchev–Trinajstić information content (AvgIpc) is 2.61. The van der Waals surface area contributed by atoms with Crippen molar-refractivity contribution in [3.8, 4) is 0 Å². The van der Waals surface area contributed by atoms with Crippen LogP contribution in [0.3, 0.4) is 0 Å². The molecule has 0 aliphatic rings. The van der Waals surface area contributed by atoms with E-state index in [-0.39, 0.29) is 11.6 Å². The Bertz CT molecular complexity index is 950. The second-order valence-corrected chi connectivity index (χ2v) is 5.92. The van der Waals surface area contributed by atoms with Crippen LogP contribution in [0.25, 0.3) is 0 Å². The first kappa shape index (κ1) is 18.0. The Morgan fingerprint density at radius 1 is 1.00 bits per heavy atom. The Morgan fingerprint density at radius 2 is 1.77 bits per heavy atom. The van der Waals surface area contributed by atoms with E-state index in [2.05, 4.69) is 20.6 Å². The van der Waals surface area contributed by atoms with Gasteiger partial charge in [0, 0.05) is 23.3 Å². The van der Waals surface area contributed by atoms with Gasteiger partial charge in [-0.3, -0.25) is 0 Å². The standard InChI is InChI=1S/C18H14ClF3N4/c1-10-8-15(23-9-11-4-2-3-5-12(11)19)26-18(24-10)25-14-7-6-13(20)16(21)17(14)22/h2-8H,9H2,1H3,(H2,23,24,25,26). The molecule has 3 aromatic rings. The topological polar surface area (TPSA) is 49.8 Å². The fourth-order valence-electron chi connectivity index (χ4n) is 2.29. The third kappa shape index (κ3) is 4.05. The molecule has 4 nitrogen and oxygen atoms in total. The fraction of sp³-hybridized carbons (Fsp3) is 0.111. The van der Waals surface area contributed by atoms with Crippen molar-refractivity contribution < 1.29 is 13.2 Å². The molecule has 2 N–H and O–H groups in total. The molecule has 1 heterocycles. The Labute approximate surface area is 153 Å². The maximum absolute atomic E-state index is 13.8. The van der Waals surface area contributed by atoms with Crippen LogP contribution in [0.5, 0.6) is 0 Å². The minimum Gasteiger partial charge on any atom is -0.366 e. The minimum absolute atomic E-state index is 0.0524. The second-order valence-electron chi connectivity index (χ2n) is 5.51. The van der Waals surface area contributed by atoms with E-state index in [1.165, 1.54) is 0 Å². The largest absolute Gasteiger partial charge is 0.366 e. The summed E-state index contributed by atoms with van der Waals surface area (Å²) in [5, 5.41) is 6.28. The molecule has 0 aliphatic carbocycles. The van der Waals surface area contributed by atoms with Crippen LogP contribution in [-0.2, 0) is 6.54 Å². The van der Waals surface area contributed by atoms with Crippen LogP contribution in [0.1, 0.15) is 11.3 Å². The van der Waals surface area contributed by atoms with Crippen LogP contribution >= 0.6 is 11.6 Å². The van der Waals surface area contributed by atoms with Gasteiger partial charge in [-0.1, -0.05) is 29.8 Å². The molecule has 2 aromatic carbocycles. The lowest BCUT2D eigenvalue weighted by Gasteiger charge is -2.11. The van der Waals surface area contributed by atoms with Crippen molar-refractivity contribution in [1.29, 1.82) is 0 Å². The number of aryl methyl sites for hydroxylation is 1. The van der Waals surface area contributed by atoms with Crippen molar-refractivity contribution >= 4 is 29.1 Å². The number of hydrogen-bond acceptors (Lipinski definition) is 4. The third-order valence-electron chi connectivity index (χ3n) is 3.55. The molecule has 3 rings (SSSR count). The van der Waals surface area contributed by atoms with Gasteiger partial charge in [-0.15, -0.1) is 0 Å². The lowest BCUT2D eigenvalue weighted by Crippen LogP contribution is -2.07. The molecule has 0 amide bonds. The van der Waals surface area contributed by atoms with Crippen molar-refractivity contribution in [2.24, 2.45) is 0 Å². The predicted octanol–water partition coefficient (Wildman–Crippen LogP) is 5.21. The maximum Gasteiger partial charge on any atom is 0.229 e. The van der Waals surface area contributed by atoms with Crippen molar-refractivity contribution in [1.82, 2.24) is 9.97 Å². The van der Waals surface area contributed by atoms with Crippen LogP contribution in [0.2, 0.25) is 5.02 Å². The van der Waals surface area contributed by atoms with E-state index >= 15 is 0 Å². The summed E-state index contributed by atoms with van der Waals surface area (Å²) in [4.78, 5) is 8.33. The predicted molar refractivity (Wildman–Crippen MR) is 95.1 cm³/mol. The molecule has 8 heteroatoms. The molecule has 0 atom stereocenters. The van der Waals surface area contributed by atoms with Gasteiger partial charge < -0.3 is 10.6 Å². The van der Waals surface area contributed by atoms with Gasteiger partial charge in [0.05, 0.1) is 5.69 Å². The van der Waals surface area contributed by atoms with Crippen LogP contribution < -0.4 is 10.6 Å². The number of nitrogens with one attached hydrogen (secondary N) is 2. The van der Waals surface area contributed by atoms with Crippen molar-refractivity contribution in [2.45, 2.75) is 13.5 Å². The van der Waals surface area contributed by atoms with Crippen molar-refractivity contribution in [3.63, 3.8) is 0 Å². The van der Waals surface area contributed by atoms with Crippen LogP contribution in [0, 0.1) is 24.4 Å². The van der Waals surface area contributed by atoms with E-state index in [1.807, 2.05) is 18.2 Å². The van der Waals surface area contributed by atoms with Crippen molar-refractivity contribution in [2.75, 3.05) is 10.6 Å². The summed E-state index contributed by atoms with van der Waals surface area (Å²) in [5.41, 5.74) is 1.23. The molecule has 0 aliphatic heterocycles. The highest BCUT2D eigenvalue weighted by Gasteiger charge is 2.14. The summed E-state index contributed by atoms with van der Waals surface area (Å²) in [6, 6.07) is 11.0. The summed E-state index contributed by atoms with van der Waals surface area (Å²) in [6.07, 6.45) is 0. The monoisotopic (exact) mass is 378 g/mol. The number of rotatable bonds is 5. The molecule has 26 heavy (non-hydrogen) atoms. The summed E-state index contributed by atoms with van der Waals surface area (Å²) in [6.45, 7) is 2.16. The van der Waals surface area contributed by atoms with Crippen LogP contribution in [-0.4, -0.2) is 9.97 Å². The zero-order chi connectivity index (χ0) is 18.7. The van der Waals surface area contributed by atoms with Crippen LogP contribution in [0.4, 0.5) is 30.6 Å². The highest BCUT2D eigenvalue weighted by molar-refractivity contribution is 6.31. The highest BCUT2D eigenvalue weighted by Crippen LogP contribution is 2.23. The Hall–Kier alpha value is -2.80. The van der Waals surface area contributed by atoms with Gasteiger partial charge in [0.1, 0.15) is 5.82 Å². The quantitative estimate of drug-likeness (QED) is 0.598. The molecule has 0 unspecified atom stereocenters. The first-order valence-electron chi connectivity index (χ1n) is 7.67. The molecule has 1 aromatic heterocycles. The SMILES string of the molecule is Cc1cc(NCc2ccccc2Cl)nc(Nc2ccc(F)c(F)c2F)n1. The maximum atomic E-state index is 13.8. The molecule has 0 fully saturated rings. The van der Waals surface area contributed by atoms with Gasteiger partial charge in [0.25, 0.3) is 0 Å². The van der Waals surface area contributed by atoms with E-state index in [0.29, 0.717) is 23.1 Å². The number of anilines is 3. The van der Waals surface area contributed by atoms with Crippen molar-refractivity contribution in [3.05, 3.63) is 76.2 Å². The molecule has 0 spiro atoms. The Kier molecular flexibility index (Phi) is 5.27. The summed E-state index contributed by atoms with van der Waals surface area (Å²) in [7, 11) is 0. The normalized spacial score (nSPS) is 10.7. The lowest BCUT2D eigenvalue weighted by atomic mass is 10.2. The molecular weight excluding hydrogens is 365 g/mol. The van der Waals surface area contributed by atoms with E-state index < -0.39 is 17.5 Å². The number of nitrogens with zero attached hydrogens (tertiary/aromatic N) is 2. The molecule has 134 valence electrons. The van der Waals surface area contributed by atoms with Gasteiger partial charge in [-0.25, -0.2) is 18.2 Å². The number of halogens is 4. The van der Waals surface area contributed by atoms with E-state index in [1.54, 1.807) is 19.1 Å². The van der Waals surface area contributed by atoms with E-state index in [9.17, 15) is 13.2 Å². The molecular formula is C18H14ClF3N4. The lowest BCUT2D eigenvalue weighted by molar-refractivity contribution is 0.449. The van der Waals surface area contributed by atoms with Gasteiger partial charge >= 0.3 is 0 Å². The van der Waals surface area contributed by atoms with Gasteiger partial charge in [-0.05, 0) is 30.7 Å². The minimum atomic E-state index is -1.56. The highest BCUT2D eigenvalue weighted by atomic mass is 35.5. The fourth-order valence-corrected chi connectivity index (χ4v) is 2.49. The van der Waals surface area contributed by atoms with Gasteiger partial charge in [-0.2, -0.15) is 4.98 Å². The number of aromatic nitrogens is 2. The summed E-state index contributed by atoms with van der Waals surface area (Å²) >= 11 is 6.11. The number of benzene rings is 2. The zero-order valence-electron chi connectivity index (χ0n) is 13.7. The van der Waals surface area contributed by atoms with Gasteiger partial charge in [0.15, 0.2) is 17.5 Å². The molecule has 0 bridgehead atoms.